The van der Waals surface area contributed by atoms with Crippen LogP contribution in [0.4, 0.5) is 10.5 Å². The summed E-state index contributed by atoms with van der Waals surface area (Å²) in [6.07, 6.45) is 1.73. The number of halogens is 2. The molecule has 1 aromatic heterocycles. The van der Waals surface area contributed by atoms with E-state index in [1.165, 1.54) is 0 Å². The second-order valence-corrected chi connectivity index (χ2v) is 8.56. The van der Waals surface area contributed by atoms with Crippen LogP contribution in [-0.2, 0) is 16.0 Å². The summed E-state index contributed by atoms with van der Waals surface area (Å²) in [5.74, 6) is -0.473. The number of allylic oxidation sites excluding steroid dienone is 2. The summed E-state index contributed by atoms with van der Waals surface area (Å²) >= 11 is 12.8. The van der Waals surface area contributed by atoms with Gasteiger partial charge in [0.05, 0.1) is 33.8 Å². The van der Waals surface area contributed by atoms with Crippen molar-refractivity contribution in [1.29, 1.82) is 0 Å². The van der Waals surface area contributed by atoms with Crippen LogP contribution in [0.25, 0.3) is 0 Å². The third-order valence-electron chi connectivity index (χ3n) is 5.20. The number of aromatic nitrogens is 1. The normalized spacial score (nSPS) is 15.4. The Kier molecular flexibility index (Phi) is 7.87. The molecule has 0 spiro atoms. The van der Waals surface area contributed by atoms with Gasteiger partial charge in [0.1, 0.15) is 5.76 Å². The van der Waals surface area contributed by atoms with Gasteiger partial charge in [-0.25, -0.2) is 4.79 Å². The maximum Gasteiger partial charge on any atom is 0.513 e. The summed E-state index contributed by atoms with van der Waals surface area (Å²) < 4.78 is 12.2. The highest BCUT2D eigenvalue weighted by molar-refractivity contribution is 6.42. The summed E-state index contributed by atoms with van der Waals surface area (Å²) in [6.45, 7) is 5.02. The number of anilines is 1. The lowest BCUT2D eigenvalue weighted by Gasteiger charge is -2.30. The van der Waals surface area contributed by atoms with Gasteiger partial charge >= 0.3 is 6.16 Å². The molecule has 1 aromatic carbocycles. The molecule has 1 aliphatic rings. The van der Waals surface area contributed by atoms with Crippen LogP contribution < -0.4 is 10.9 Å². The maximum absolute atomic E-state index is 13.6. The van der Waals surface area contributed by atoms with E-state index < -0.39 is 12.1 Å². The van der Waals surface area contributed by atoms with Crippen LogP contribution in [0.2, 0.25) is 10.0 Å². The van der Waals surface area contributed by atoms with Gasteiger partial charge in [-0.1, -0.05) is 35.3 Å². The predicted molar refractivity (Wildman–Crippen MR) is 127 cm³/mol. The molecular formula is C23H27Cl2N3O4. The zero-order valence-corrected chi connectivity index (χ0v) is 20.1. The van der Waals surface area contributed by atoms with Gasteiger partial charge in [-0.2, -0.15) is 0 Å². The van der Waals surface area contributed by atoms with E-state index in [1.54, 1.807) is 42.8 Å². The van der Waals surface area contributed by atoms with E-state index in [0.29, 0.717) is 39.1 Å². The van der Waals surface area contributed by atoms with Gasteiger partial charge in [0, 0.05) is 18.4 Å². The molecule has 1 atom stereocenters. The third kappa shape index (κ3) is 5.11. The molecule has 0 radical (unpaired) electrons. The minimum atomic E-state index is -0.850. The fourth-order valence-electron chi connectivity index (χ4n) is 3.74. The zero-order chi connectivity index (χ0) is 23.4. The molecule has 9 heteroatoms. The molecular weight excluding hydrogens is 453 g/mol. The van der Waals surface area contributed by atoms with Crippen molar-refractivity contribution in [2.45, 2.75) is 32.7 Å². The van der Waals surface area contributed by atoms with Gasteiger partial charge < -0.3 is 24.3 Å². The van der Waals surface area contributed by atoms with Crippen molar-refractivity contribution in [2.24, 2.45) is 0 Å². The molecule has 7 nitrogen and oxygen atoms in total. The number of pyridine rings is 1. The van der Waals surface area contributed by atoms with Crippen molar-refractivity contribution in [2.75, 3.05) is 32.6 Å². The van der Waals surface area contributed by atoms with Crippen LogP contribution in [0.1, 0.15) is 37.3 Å². The van der Waals surface area contributed by atoms with E-state index in [0.717, 1.165) is 13.0 Å². The highest BCUT2D eigenvalue weighted by Gasteiger charge is 2.35. The summed E-state index contributed by atoms with van der Waals surface area (Å²) in [4.78, 5) is 27.8. The van der Waals surface area contributed by atoms with E-state index in [4.69, 9.17) is 32.7 Å². The van der Waals surface area contributed by atoms with Crippen molar-refractivity contribution >= 4 is 35.0 Å². The third-order valence-corrected chi connectivity index (χ3v) is 6.03. The van der Waals surface area contributed by atoms with Crippen molar-refractivity contribution in [3.63, 3.8) is 0 Å². The minimum Gasteiger partial charge on any atom is -0.434 e. The predicted octanol–water partition coefficient (Wildman–Crippen LogP) is 5.07. The number of nitrogens with zero attached hydrogens (tertiary/aromatic N) is 2. The Morgan fingerprint density at radius 3 is 2.69 bits per heavy atom. The minimum absolute atomic E-state index is 0.163. The van der Waals surface area contributed by atoms with E-state index in [9.17, 15) is 9.59 Å². The molecule has 32 heavy (non-hydrogen) atoms. The molecule has 0 fully saturated rings. The molecule has 1 N–H and O–H groups in total. The molecule has 2 heterocycles. The number of carbonyl (C=O) groups is 1. The molecule has 0 saturated heterocycles. The summed E-state index contributed by atoms with van der Waals surface area (Å²) in [5.41, 5.74) is 2.03. The van der Waals surface area contributed by atoms with Crippen molar-refractivity contribution in [3.05, 3.63) is 73.4 Å². The van der Waals surface area contributed by atoms with Crippen molar-refractivity contribution < 1.29 is 14.3 Å². The summed E-state index contributed by atoms with van der Waals surface area (Å²) in [7, 11) is 3.98. The summed E-state index contributed by atoms with van der Waals surface area (Å²) in [6, 6.07) is 7.05. The Bertz CT molecular complexity index is 1100. The zero-order valence-electron chi connectivity index (χ0n) is 18.6. The average Bonchev–Trinajstić information content (AvgIpc) is 2.73. The first-order valence-electron chi connectivity index (χ1n) is 10.4. The Morgan fingerprint density at radius 1 is 1.25 bits per heavy atom. The molecule has 0 bridgehead atoms. The summed E-state index contributed by atoms with van der Waals surface area (Å²) in [5, 5.41) is 3.83. The quantitative estimate of drug-likeness (QED) is 0.558. The molecule has 3 rings (SSSR count). The lowest BCUT2D eigenvalue weighted by Crippen LogP contribution is -2.32. The number of rotatable bonds is 7. The van der Waals surface area contributed by atoms with Crippen LogP contribution in [0.15, 0.2) is 46.7 Å². The van der Waals surface area contributed by atoms with Gasteiger partial charge in [0.25, 0.3) is 5.56 Å². The number of carbonyl (C=O) groups excluding carboxylic acids is 1. The smallest absolute Gasteiger partial charge is 0.434 e. The molecule has 0 aliphatic carbocycles. The number of fused-ring (bicyclic) bond motifs is 1. The Hall–Kier alpha value is -2.48. The second-order valence-electron chi connectivity index (χ2n) is 7.77. The number of nitrogens with one attached hydrogen (secondary N) is 1. The average molecular weight is 480 g/mol. The van der Waals surface area contributed by atoms with Crippen LogP contribution in [0.3, 0.4) is 0 Å². The van der Waals surface area contributed by atoms with E-state index in [2.05, 4.69) is 10.2 Å². The van der Waals surface area contributed by atoms with Crippen LogP contribution in [0.5, 0.6) is 0 Å². The highest BCUT2D eigenvalue weighted by atomic mass is 35.5. The Morgan fingerprint density at radius 2 is 2.00 bits per heavy atom. The topological polar surface area (TPSA) is 72.8 Å². The lowest BCUT2D eigenvalue weighted by atomic mass is 9.86. The molecule has 0 amide bonds. The largest absolute Gasteiger partial charge is 0.513 e. The van der Waals surface area contributed by atoms with Crippen LogP contribution in [-0.4, -0.2) is 42.9 Å². The molecule has 1 aliphatic heterocycles. The fraction of sp³-hybridized carbons (Fsp3) is 0.391. The monoisotopic (exact) mass is 479 g/mol. The lowest BCUT2D eigenvalue weighted by molar-refractivity contribution is 0.0777. The SMILES string of the molecule is CCOC(=O)OC1=C(C)Nc2ccn(CCCN(C)C)c(=O)c2C1c1cccc(Cl)c1Cl. The first-order valence-corrected chi connectivity index (χ1v) is 11.1. The molecule has 0 saturated carbocycles. The van der Waals surface area contributed by atoms with Gasteiger partial charge in [-0.3, -0.25) is 4.79 Å². The number of hydrogen-bond acceptors (Lipinski definition) is 6. The molecule has 1 unspecified atom stereocenters. The first kappa shape index (κ1) is 24.2. The van der Waals surface area contributed by atoms with Crippen molar-refractivity contribution in [1.82, 2.24) is 9.47 Å². The van der Waals surface area contributed by atoms with E-state index >= 15 is 0 Å². The van der Waals surface area contributed by atoms with Crippen molar-refractivity contribution in [3.8, 4) is 0 Å². The van der Waals surface area contributed by atoms with Crippen LogP contribution >= 0.6 is 23.2 Å². The Balaban J connectivity index is 2.15. The highest BCUT2D eigenvalue weighted by Crippen LogP contribution is 2.44. The van der Waals surface area contributed by atoms with E-state index in [-0.39, 0.29) is 17.9 Å². The number of ether oxygens (including phenoxy) is 2. The number of aryl methyl sites for hydroxylation is 1. The van der Waals surface area contributed by atoms with E-state index in [1.807, 2.05) is 20.2 Å². The first-order chi connectivity index (χ1) is 15.2. The molecule has 172 valence electrons. The standard InChI is InChI=1S/C23H27Cl2N3O4/c1-5-31-23(30)32-21-14(2)26-17-10-13-28(12-7-11-27(3)4)22(29)19(17)18(21)15-8-6-9-16(24)20(15)25/h6,8-10,13,18,26H,5,7,11-12H2,1-4H3. The maximum atomic E-state index is 13.6. The van der Waals surface area contributed by atoms with Gasteiger partial charge in [-0.05, 0) is 58.6 Å². The number of hydrogen-bond donors (Lipinski definition) is 1. The van der Waals surface area contributed by atoms with Crippen LogP contribution in [0, 0.1) is 0 Å². The molecule has 2 aromatic rings. The van der Waals surface area contributed by atoms with Gasteiger partial charge in [0.2, 0.25) is 0 Å². The van der Waals surface area contributed by atoms with Gasteiger partial charge in [0.15, 0.2) is 0 Å². The Labute approximate surface area is 197 Å². The fourth-order valence-corrected chi connectivity index (χ4v) is 4.15. The van der Waals surface area contributed by atoms with Gasteiger partial charge in [-0.15, -0.1) is 0 Å². The second kappa shape index (κ2) is 10.4. The number of benzene rings is 1.